The number of hydrogen-bond acceptors (Lipinski definition) is 2. The Balaban J connectivity index is 2.61. The molecule has 3 nitrogen and oxygen atoms in total. The second-order valence-corrected chi connectivity index (χ2v) is 5.26. The molecule has 3 heteroatoms. The topological polar surface area (TPSA) is 29.9 Å². The minimum Gasteiger partial charge on any atom is -0.319 e. The van der Waals surface area contributed by atoms with Crippen LogP contribution in [0.2, 0.25) is 0 Å². The highest BCUT2D eigenvalue weighted by Crippen LogP contribution is 2.15. The molecule has 1 heterocycles. The van der Waals surface area contributed by atoms with E-state index in [1.165, 1.54) is 29.8 Å². The Hall–Kier alpha value is -0.830. The van der Waals surface area contributed by atoms with Crippen LogP contribution in [0.1, 0.15) is 43.6 Å². The number of hydrogen-bond donors (Lipinski definition) is 1. The molecule has 0 aliphatic rings. The van der Waals surface area contributed by atoms with Crippen molar-refractivity contribution in [3.63, 3.8) is 0 Å². The molecule has 1 rings (SSSR count). The van der Waals surface area contributed by atoms with E-state index in [1.807, 2.05) is 7.05 Å². The summed E-state index contributed by atoms with van der Waals surface area (Å²) < 4.78 is 2.18. The Labute approximate surface area is 106 Å². The first kappa shape index (κ1) is 14.2. The Morgan fingerprint density at radius 1 is 1.29 bits per heavy atom. The zero-order valence-corrected chi connectivity index (χ0v) is 12.0. The van der Waals surface area contributed by atoms with E-state index in [4.69, 9.17) is 0 Å². The maximum Gasteiger partial charge on any atom is 0.0628 e. The Bertz CT molecular complexity index is 339. The summed E-state index contributed by atoms with van der Waals surface area (Å²) in [6, 6.07) is 0. The van der Waals surface area contributed by atoms with Gasteiger partial charge in [-0.1, -0.05) is 13.8 Å². The summed E-state index contributed by atoms with van der Waals surface area (Å²) >= 11 is 0. The van der Waals surface area contributed by atoms with Gasteiger partial charge in [0, 0.05) is 12.2 Å². The van der Waals surface area contributed by atoms with Gasteiger partial charge in [0.25, 0.3) is 0 Å². The lowest BCUT2D eigenvalue weighted by molar-refractivity contribution is 0.483. The van der Waals surface area contributed by atoms with Crippen LogP contribution in [0.4, 0.5) is 0 Å². The normalized spacial score (nSPS) is 11.4. The predicted octanol–water partition coefficient (Wildman–Crippen LogP) is 2.70. The van der Waals surface area contributed by atoms with Crippen molar-refractivity contribution < 1.29 is 0 Å². The highest BCUT2D eigenvalue weighted by atomic mass is 15.3. The van der Waals surface area contributed by atoms with Gasteiger partial charge in [0.15, 0.2) is 0 Å². The van der Waals surface area contributed by atoms with Crippen molar-refractivity contribution in [2.45, 2.75) is 53.5 Å². The van der Waals surface area contributed by atoms with E-state index in [-0.39, 0.29) is 0 Å². The lowest BCUT2D eigenvalue weighted by Gasteiger charge is -2.07. The Morgan fingerprint density at radius 2 is 2.00 bits per heavy atom. The van der Waals surface area contributed by atoms with E-state index >= 15 is 0 Å². The SMILES string of the molecule is CNCCc1c(C)nn(CCCC(C)C)c1C. The van der Waals surface area contributed by atoms with E-state index in [1.54, 1.807) is 0 Å². The standard InChI is InChI=1S/C14H27N3/c1-11(2)7-6-10-17-13(4)14(8-9-15-5)12(3)16-17/h11,15H,6-10H2,1-5H3. The summed E-state index contributed by atoms with van der Waals surface area (Å²) in [7, 11) is 2.00. The lowest BCUT2D eigenvalue weighted by Crippen LogP contribution is -2.11. The minimum atomic E-state index is 0.788. The van der Waals surface area contributed by atoms with Crippen molar-refractivity contribution in [1.29, 1.82) is 0 Å². The van der Waals surface area contributed by atoms with E-state index < -0.39 is 0 Å². The van der Waals surface area contributed by atoms with Gasteiger partial charge in [-0.2, -0.15) is 5.10 Å². The Morgan fingerprint density at radius 3 is 2.59 bits per heavy atom. The summed E-state index contributed by atoms with van der Waals surface area (Å²) in [5.74, 6) is 0.788. The van der Waals surface area contributed by atoms with Crippen molar-refractivity contribution in [2.75, 3.05) is 13.6 Å². The van der Waals surface area contributed by atoms with E-state index in [9.17, 15) is 0 Å². The quantitative estimate of drug-likeness (QED) is 0.790. The Kier molecular flexibility index (Phi) is 5.69. The third kappa shape index (κ3) is 4.15. The lowest BCUT2D eigenvalue weighted by atomic mass is 10.1. The third-order valence-electron chi connectivity index (χ3n) is 3.31. The molecule has 0 atom stereocenters. The number of nitrogens with one attached hydrogen (secondary N) is 1. The van der Waals surface area contributed by atoms with Crippen LogP contribution < -0.4 is 5.32 Å². The zero-order chi connectivity index (χ0) is 12.8. The van der Waals surface area contributed by atoms with Crippen LogP contribution in [0.3, 0.4) is 0 Å². The van der Waals surface area contributed by atoms with Gasteiger partial charge in [0.05, 0.1) is 5.69 Å². The molecular weight excluding hydrogens is 210 g/mol. The van der Waals surface area contributed by atoms with E-state index in [2.05, 4.69) is 42.8 Å². The maximum atomic E-state index is 4.65. The first-order chi connectivity index (χ1) is 8.06. The van der Waals surface area contributed by atoms with Crippen LogP contribution in [0, 0.1) is 19.8 Å². The van der Waals surface area contributed by atoms with Gasteiger partial charge < -0.3 is 5.32 Å². The molecule has 1 N–H and O–H groups in total. The first-order valence-electron chi connectivity index (χ1n) is 6.73. The molecule has 0 fully saturated rings. The molecule has 0 aliphatic heterocycles. The van der Waals surface area contributed by atoms with Crippen molar-refractivity contribution >= 4 is 0 Å². The van der Waals surface area contributed by atoms with Gasteiger partial charge in [-0.15, -0.1) is 0 Å². The van der Waals surface area contributed by atoms with Gasteiger partial charge in [-0.05, 0) is 58.2 Å². The van der Waals surface area contributed by atoms with Gasteiger partial charge in [-0.3, -0.25) is 4.68 Å². The van der Waals surface area contributed by atoms with Gasteiger partial charge in [-0.25, -0.2) is 0 Å². The fourth-order valence-corrected chi connectivity index (χ4v) is 2.21. The van der Waals surface area contributed by atoms with Crippen LogP contribution in [0.15, 0.2) is 0 Å². The smallest absolute Gasteiger partial charge is 0.0628 e. The van der Waals surface area contributed by atoms with Crippen molar-refractivity contribution in [3.8, 4) is 0 Å². The van der Waals surface area contributed by atoms with Crippen LogP contribution in [-0.2, 0) is 13.0 Å². The number of aryl methyl sites for hydroxylation is 2. The molecule has 98 valence electrons. The van der Waals surface area contributed by atoms with Crippen LogP contribution in [0.25, 0.3) is 0 Å². The predicted molar refractivity (Wildman–Crippen MR) is 73.4 cm³/mol. The highest BCUT2D eigenvalue weighted by molar-refractivity contribution is 5.24. The minimum absolute atomic E-state index is 0.788. The summed E-state index contributed by atoms with van der Waals surface area (Å²) in [6.07, 6.45) is 3.59. The number of rotatable bonds is 7. The second-order valence-electron chi connectivity index (χ2n) is 5.26. The molecule has 1 aromatic rings. The molecule has 0 aromatic carbocycles. The summed E-state index contributed by atoms with van der Waals surface area (Å²) in [4.78, 5) is 0. The monoisotopic (exact) mass is 237 g/mol. The number of nitrogens with zero attached hydrogens (tertiary/aromatic N) is 2. The summed E-state index contributed by atoms with van der Waals surface area (Å²) in [5, 5.41) is 7.85. The number of likely N-dealkylation sites (N-methyl/N-ethyl adjacent to an activating group) is 1. The van der Waals surface area contributed by atoms with Gasteiger partial charge in [0.1, 0.15) is 0 Å². The van der Waals surface area contributed by atoms with E-state index in [0.717, 1.165) is 25.4 Å². The molecule has 0 amide bonds. The summed E-state index contributed by atoms with van der Waals surface area (Å²) in [5.41, 5.74) is 3.97. The second kappa shape index (κ2) is 6.80. The molecular formula is C14H27N3. The van der Waals surface area contributed by atoms with Gasteiger partial charge >= 0.3 is 0 Å². The van der Waals surface area contributed by atoms with Crippen molar-refractivity contribution in [2.24, 2.45) is 5.92 Å². The van der Waals surface area contributed by atoms with Crippen LogP contribution >= 0.6 is 0 Å². The first-order valence-corrected chi connectivity index (χ1v) is 6.73. The van der Waals surface area contributed by atoms with Crippen molar-refractivity contribution in [3.05, 3.63) is 17.0 Å². The molecule has 0 saturated carbocycles. The number of aromatic nitrogens is 2. The van der Waals surface area contributed by atoms with Crippen LogP contribution in [-0.4, -0.2) is 23.4 Å². The molecule has 0 radical (unpaired) electrons. The van der Waals surface area contributed by atoms with Gasteiger partial charge in [0.2, 0.25) is 0 Å². The largest absolute Gasteiger partial charge is 0.319 e. The molecule has 1 aromatic heterocycles. The average molecular weight is 237 g/mol. The molecule has 0 spiro atoms. The van der Waals surface area contributed by atoms with E-state index in [0.29, 0.717) is 0 Å². The third-order valence-corrected chi connectivity index (χ3v) is 3.31. The maximum absolute atomic E-state index is 4.65. The van der Waals surface area contributed by atoms with Crippen LogP contribution in [0.5, 0.6) is 0 Å². The molecule has 0 aliphatic carbocycles. The molecule has 0 unspecified atom stereocenters. The summed E-state index contributed by atoms with van der Waals surface area (Å²) in [6.45, 7) is 11.0. The fourth-order valence-electron chi connectivity index (χ4n) is 2.21. The molecule has 0 bridgehead atoms. The average Bonchev–Trinajstić information content (AvgIpc) is 2.52. The zero-order valence-electron chi connectivity index (χ0n) is 12.0. The molecule has 17 heavy (non-hydrogen) atoms. The van der Waals surface area contributed by atoms with Crippen molar-refractivity contribution in [1.82, 2.24) is 15.1 Å². The highest BCUT2D eigenvalue weighted by Gasteiger charge is 2.10. The fraction of sp³-hybridized carbons (Fsp3) is 0.786. The molecule has 0 saturated heterocycles.